The second-order valence-corrected chi connectivity index (χ2v) is 1.34. The number of hydrogen-bond acceptors (Lipinski definition) is 2. The van der Waals surface area contributed by atoms with E-state index in [4.69, 9.17) is 17.5 Å². The minimum atomic E-state index is -4.67. The van der Waals surface area contributed by atoms with Crippen LogP contribution >= 0.6 is 0 Å². The summed E-state index contributed by atoms with van der Waals surface area (Å²) in [5.74, 6) is 0. The predicted molar refractivity (Wildman–Crippen MR) is 14.2 cm³/mol. The standard InChI is InChI=1S/Li.H2O4S/c;1-5(2,3)4/h;(H2,1,2,3,4)/q+1;. The summed E-state index contributed by atoms with van der Waals surface area (Å²) in [6.45, 7) is 0. The third-order valence-corrected chi connectivity index (χ3v) is 0. The molecule has 0 aliphatic heterocycles. The molecule has 0 radical (unpaired) electrons. The molecule has 0 aromatic carbocycles. The Labute approximate surface area is 47.3 Å². The molecule has 32 valence electrons. The van der Waals surface area contributed by atoms with E-state index in [0.717, 1.165) is 0 Å². The van der Waals surface area contributed by atoms with Crippen molar-refractivity contribution in [2.24, 2.45) is 0 Å². The van der Waals surface area contributed by atoms with E-state index in [9.17, 15) is 0 Å². The Hall–Kier alpha value is 0.467. The average molecular weight is 105 g/mol. The first-order valence-corrected chi connectivity index (χ1v) is 2.10. The summed E-state index contributed by atoms with van der Waals surface area (Å²) in [6.07, 6.45) is 0. The van der Waals surface area contributed by atoms with Crippen LogP contribution in [0.4, 0.5) is 0 Å². The van der Waals surface area contributed by atoms with Gasteiger partial charge in [-0.15, -0.1) is 0 Å². The molecule has 2 N–H and O–H groups in total. The maximum atomic E-state index is 8.74. The van der Waals surface area contributed by atoms with Crippen LogP contribution in [0.1, 0.15) is 0 Å². The van der Waals surface area contributed by atoms with Crippen molar-refractivity contribution in [1.82, 2.24) is 0 Å². The summed E-state index contributed by atoms with van der Waals surface area (Å²) < 4.78 is 31.6. The molecule has 0 aliphatic rings. The van der Waals surface area contributed by atoms with Gasteiger partial charge >= 0.3 is 29.3 Å². The first-order valence-electron chi connectivity index (χ1n) is 0.698. The fourth-order valence-corrected chi connectivity index (χ4v) is 0. The quantitative estimate of drug-likeness (QED) is 0.246. The van der Waals surface area contributed by atoms with E-state index in [1.807, 2.05) is 0 Å². The van der Waals surface area contributed by atoms with Gasteiger partial charge in [-0.2, -0.15) is 8.42 Å². The Balaban J connectivity index is 0. The van der Waals surface area contributed by atoms with Crippen molar-refractivity contribution < 1.29 is 36.4 Å². The molecular weight excluding hydrogens is 103 g/mol. The third kappa shape index (κ3) is 246. The van der Waals surface area contributed by atoms with Gasteiger partial charge in [0.25, 0.3) is 0 Å². The van der Waals surface area contributed by atoms with Crippen molar-refractivity contribution in [3.8, 4) is 0 Å². The van der Waals surface area contributed by atoms with Crippen LogP contribution < -0.4 is 18.9 Å². The molecule has 0 heterocycles. The maximum Gasteiger partial charge on any atom is 1.00 e. The van der Waals surface area contributed by atoms with Crippen LogP contribution in [0.2, 0.25) is 0 Å². The second-order valence-electron chi connectivity index (χ2n) is 0.448. The zero-order valence-corrected chi connectivity index (χ0v) is 3.94. The van der Waals surface area contributed by atoms with E-state index in [1.54, 1.807) is 0 Å². The van der Waals surface area contributed by atoms with Crippen LogP contribution in [-0.4, -0.2) is 17.5 Å². The van der Waals surface area contributed by atoms with Gasteiger partial charge in [0.05, 0.1) is 0 Å². The molecule has 0 spiro atoms. The van der Waals surface area contributed by atoms with Crippen LogP contribution in [0, 0.1) is 0 Å². The van der Waals surface area contributed by atoms with Crippen molar-refractivity contribution >= 4 is 10.4 Å². The van der Waals surface area contributed by atoms with Crippen molar-refractivity contribution in [1.29, 1.82) is 0 Å². The Morgan fingerprint density at radius 1 is 1.17 bits per heavy atom. The van der Waals surface area contributed by atoms with Gasteiger partial charge in [-0.3, -0.25) is 9.11 Å². The molecule has 0 aliphatic carbocycles. The van der Waals surface area contributed by atoms with Gasteiger partial charge in [0.1, 0.15) is 0 Å². The van der Waals surface area contributed by atoms with Crippen molar-refractivity contribution in [3.05, 3.63) is 0 Å². The molecule has 6 heavy (non-hydrogen) atoms. The van der Waals surface area contributed by atoms with Gasteiger partial charge in [0.15, 0.2) is 0 Å². The van der Waals surface area contributed by atoms with Gasteiger partial charge in [-0.05, 0) is 0 Å². The topological polar surface area (TPSA) is 74.6 Å². The number of rotatable bonds is 0. The van der Waals surface area contributed by atoms with Gasteiger partial charge in [0.2, 0.25) is 0 Å². The molecule has 0 fully saturated rings. The molecule has 0 bridgehead atoms. The molecule has 4 nitrogen and oxygen atoms in total. The summed E-state index contributed by atoms with van der Waals surface area (Å²) >= 11 is 0. The summed E-state index contributed by atoms with van der Waals surface area (Å²) in [4.78, 5) is 0. The summed E-state index contributed by atoms with van der Waals surface area (Å²) in [6, 6.07) is 0. The molecule has 0 saturated carbocycles. The molecular formula is H2LiO4S+. The van der Waals surface area contributed by atoms with Gasteiger partial charge < -0.3 is 0 Å². The normalized spacial score (nSPS) is 9.67. The predicted octanol–water partition coefficient (Wildman–Crippen LogP) is -3.65. The molecule has 0 amide bonds. The summed E-state index contributed by atoms with van der Waals surface area (Å²) in [5.41, 5.74) is 0. The fourth-order valence-electron chi connectivity index (χ4n) is 0. The van der Waals surface area contributed by atoms with Crippen molar-refractivity contribution in [2.45, 2.75) is 0 Å². The van der Waals surface area contributed by atoms with Gasteiger partial charge in [-0.25, -0.2) is 0 Å². The Kier molecular flexibility index (Phi) is 4.21. The van der Waals surface area contributed by atoms with Crippen molar-refractivity contribution in [2.75, 3.05) is 0 Å². The molecule has 0 rings (SSSR count). The zero-order valence-electron chi connectivity index (χ0n) is 3.12. The van der Waals surface area contributed by atoms with E-state index in [1.165, 1.54) is 0 Å². The second kappa shape index (κ2) is 2.61. The SMILES string of the molecule is O=S(=O)(O)O.[Li+]. The maximum absolute atomic E-state index is 8.74. The Morgan fingerprint density at radius 3 is 1.17 bits per heavy atom. The fraction of sp³-hybridized carbons (Fsp3) is 0. The van der Waals surface area contributed by atoms with Crippen LogP contribution in [0.25, 0.3) is 0 Å². The Bertz CT molecular complexity index is 90.7. The average Bonchev–Trinajstić information content (AvgIpc) is 0.722. The third-order valence-electron chi connectivity index (χ3n) is 0. The van der Waals surface area contributed by atoms with Crippen LogP contribution in [0.15, 0.2) is 0 Å². The molecule has 0 atom stereocenters. The minimum absolute atomic E-state index is 0. The molecule has 0 aromatic rings. The van der Waals surface area contributed by atoms with E-state index in [0.29, 0.717) is 0 Å². The monoisotopic (exact) mass is 105 g/mol. The first-order chi connectivity index (χ1) is 2.00. The van der Waals surface area contributed by atoms with Crippen molar-refractivity contribution in [3.63, 3.8) is 0 Å². The molecule has 0 aromatic heterocycles. The van der Waals surface area contributed by atoms with E-state index in [-0.39, 0.29) is 18.9 Å². The van der Waals surface area contributed by atoms with E-state index < -0.39 is 10.4 Å². The van der Waals surface area contributed by atoms with Gasteiger partial charge in [0, 0.05) is 0 Å². The molecule has 0 saturated heterocycles. The summed E-state index contributed by atoms with van der Waals surface area (Å²) in [7, 11) is -4.67. The molecule has 6 heteroatoms. The number of hydrogen-bond donors (Lipinski definition) is 2. The molecule has 0 unspecified atom stereocenters. The van der Waals surface area contributed by atoms with E-state index in [2.05, 4.69) is 0 Å². The van der Waals surface area contributed by atoms with Gasteiger partial charge in [-0.1, -0.05) is 0 Å². The summed E-state index contributed by atoms with van der Waals surface area (Å²) in [5, 5.41) is 0. The van der Waals surface area contributed by atoms with Crippen LogP contribution in [0.5, 0.6) is 0 Å². The first kappa shape index (κ1) is 9.69. The minimum Gasteiger partial charge on any atom is -0.264 e. The zero-order chi connectivity index (χ0) is 4.50. The van der Waals surface area contributed by atoms with Crippen LogP contribution in [-0.2, 0) is 10.4 Å². The largest absolute Gasteiger partial charge is 1.00 e. The van der Waals surface area contributed by atoms with Crippen LogP contribution in [0.3, 0.4) is 0 Å². The Morgan fingerprint density at radius 2 is 1.17 bits per heavy atom. The van der Waals surface area contributed by atoms with E-state index >= 15 is 0 Å². The smallest absolute Gasteiger partial charge is 0.264 e.